The van der Waals surface area contributed by atoms with Gasteiger partial charge in [-0.05, 0) is 12.1 Å². The number of aromatic nitrogens is 2. The lowest BCUT2D eigenvalue weighted by Crippen LogP contribution is -2.21. The number of aliphatic imine (C=N–C) groups is 1. The van der Waals surface area contributed by atoms with Gasteiger partial charge in [-0.15, -0.1) is 0 Å². The minimum atomic E-state index is 0.846. The second kappa shape index (κ2) is 2.83. The molecule has 70 valence electrons. The number of hydrogen-bond donors (Lipinski definition) is 1. The summed E-state index contributed by atoms with van der Waals surface area (Å²) in [6.07, 6.45) is 5.75. The third kappa shape index (κ3) is 1.00. The summed E-state index contributed by atoms with van der Waals surface area (Å²) in [5, 5.41) is 3.23. The molecule has 1 aliphatic rings. The highest BCUT2D eigenvalue weighted by Crippen LogP contribution is 2.10. The lowest BCUT2D eigenvalue weighted by atomic mass is 10.3. The van der Waals surface area contributed by atoms with E-state index in [2.05, 4.69) is 15.3 Å². The predicted molar refractivity (Wildman–Crippen MR) is 54.6 cm³/mol. The van der Waals surface area contributed by atoms with Crippen molar-refractivity contribution < 1.29 is 0 Å². The summed E-state index contributed by atoms with van der Waals surface area (Å²) < 4.78 is 2.05. The third-order valence-corrected chi connectivity index (χ3v) is 2.35. The van der Waals surface area contributed by atoms with Gasteiger partial charge in [0.15, 0.2) is 0 Å². The fourth-order valence-corrected chi connectivity index (χ4v) is 1.71. The molecule has 0 saturated heterocycles. The number of rotatable bonds is 1. The van der Waals surface area contributed by atoms with Crippen LogP contribution in [0.1, 0.15) is 5.69 Å². The molecule has 4 nitrogen and oxygen atoms in total. The number of fused-ring (bicyclic) bond motifs is 1. The molecule has 0 aromatic carbocycles. The summed E-state index contributed by atoms with van der Waals surface area (Å²) in [5.41, 5.74) is 2.04. The maximum Gasteiger partial charge on any atom is 0.149 e. The van der Waals surface area contributed by atoms with E-state index >= 15 is 0 Å². The molecule has 1 N–H and O–H groups in total. The first-order valence-corrected chi connectivity index (χ1v) is 4.65. The van der Waals surface area contributed by atoms with Crippen LogP contribution in [0.4, 0.5) is 0 Å². The van der Waals surface area contributed by atoms with Crippen molar-refractivity contribution in [1.29, 1.82) is 0 Å². The Morgan fingerprint density at radius 1 is 1.36 bits per heavy atom. The van der Waals surface area contributed by atoms with Gasteiger partial charge in [0.05, 0.1) is 12.1 Å². The highest BCUT2D eigenvalue weighted by Gasteiger charge is 2.12. The Morgan fingerprint density at radius 2 is 2.36 bits per heavy atom. The van der Waals surface area contributed by atoms with Crippen molar-refractivity contribution >= 4 is 11.4 Å². The molecule has 0 fully saturated rings. The van der Waals surface area contributed by atoms with Crippen LogP contribution >= 0.6 is 0 Å². The summed E-state index contributed by atoms with van der Waals surface area (Å²) in [7, 11) is 0. The molecular formula is C10H10N4. The van der Waals surface area contributed by atoms with E-state index in [0.717, 1.165) is 30.1 Å². The minimum absolute atomic E-state index is 0.846. The molecule has 14 heavy (non-hydrogen) atoms. The first-order valence-electron chi connectivity index (χ1n) is 4.65. The van der Waals surface area contributed by atoms with Gasteiger partial charge >= 0.3 is 0 Å². The average molecular weight is 186 g/mol. The molecule has 2 aromatic heterocycles. The van der Waals surface area contributed by atoms with Crippen LogP contribution in [0.3, 0.4) is 0 Å². The molecule has 0 spiro atoms. The third-order valence-electron chi connectivity index (χ3n) is 2.35. The Kier molecular flexibility index (Phi) is 1.53. The monoisotopic (exact) mass is 186 g/mol. The van der Waals surface area contributed by atoms with Crippen LogP contribution in [0.15, 0.2) is 35.7 Å². The molecule has 0 aliphatic carbocycles. The lowest BCUT2D eigenvalue weighted by Gasteiger charge is -2.03. The Labute approximate surface area is 81.3 Å². The number of hydrogen-bond acceptors (Lipinski definition) is 3. The van der Waals surface area contributed by atoms with Crippen LogP contribution in [0, 0.1) is 0 Å². The van der Waals surface area contributed by atoms with E-state index in [4.69, 9.17) is 0 Å². The fourth-order valence-electron chi connectivity index (χ4n) is 1.71. The zero-order valence-corrected chi connectivity index (χ0v) is 7.64. The van der Waals surface area contributed by atoms with E-state index in [1.54, 1.807) is 6.20 Å². The molecular weight excluding hydrogens is 176 g/mol. The average Bonchev–Trinajstić information content (AvgIpc) is 2.88. The molecule has 0 saturated carbocycles. The number of nitrogens with zero attached hydrogens (tertiary/aromatic N) is 3. The first-order chi connectivity index (χ1) is 6.95. The van der Waals surface area contributed by atoms with Crippen LogP contribution in [0.5, 0.6) is 0 Å². The highest BCUT2D eigenvalue weighted by atomic mass is 15.1. The van der Waals surface area contributed by atoms with Gasteiger partial charge in [-0.1, -0.05) is 0 Å². The van der Waals surface area contributed by atoms with Gasteiger partial charge in [-0.3, -0.25) is 4.99 Å². The van der Waals surface area contributed by atoms with Gasteiger partial charge in [0.25, 0.3) is 0 Å². The van der Waals surface area contributed by atoms with Gasteiger partial charge in [0, 0.05) is 25.1 Å². The SMILES string of the molecule is c1cc2c(C3=NCCN3)nccn2c1. The van der Waals surface area contributed by atoms with Crippen molar-refractivity contribution in [2.75, 3.05) is 13.1 Å². The zero-order chi connectivity index (χ0) is 9.38. The van der Waals surface area contributed by atoms with E-state index < -0.39 is 0 Å². The van der Waals surface area contributed by atoms with E-state index in [0.29, 0.717) is 0 Å². The largest absolute Gasteiger partial charge is 0.367 e. The van der Waals surface area contributed by atoms with Crippen LogP contribution in [-0.2, 0) is 0 Å². The zero-order valence-electron chi connectivity index (χ0n) is 7.64. The van der Waals surface area contributed by atoms with E-state index in [9.17, 15) is 0 Å². The van der Waals surface area contributed by atoms with Crippen LogP contribution < -0.4 is 5.32 Å². The Balaban J connectivity index is 2.24. The molecule has 0 radical (unpaired) electrons. The van der Waals surface area contributed by atoms with Crippen molar-refractivity contribution in [3.05, 3.63) is 36.4 Å². The maximum absolute atomic E-state index is 4.37. The number of amidine groups is 1. The van der Waals surface area contributed by atoms with E-state index in [1.165, 1.54) is 0 Å². The van der Waals surface area contributed by atoms with Gasteiger partial charge in [0.1, 0.15) is 11.5 Å². The molecule has 3 heterocycles. The molecule has 2 aromatic rings. The topological polar surface area (TPSA) is 41.7 Å². The van der Waals surface area contributed by atoms with Crippen molar-refractivity contribution in [3.8, 4) is 0 Å². The molecule has 0 bridgehead atoms. The molecule has 4 heteroatoms. The highest BCUT2D eigenvalue weighted by molar-refractivity contribution is 6.03. The normalized spacial score (nSPS) is 15.6. The predicted octanol–water partition coefficient (Wildman–Crippen LogP) is 0.684. The second-order valence-electron chi connectivity index (χ2n) is 3.23. The van der Waals surface area contributed by atoms with Crippen molar-refractivity contribution in [2.24, 2.45) is 4.99 Å². The van der Waals surface area contributed by atoms with Gasteiger partial charge in [-0.25, -0.2) is 4.98 Å². The minimum Gasteiger partial charge on any atom is -0.367 e. The fraction of sp³-hybridized carbons (Fsp3) is 0.200. The quantitative estimate of drug-likeness (QED) is 0.711. The maximum atomic E-state index is 4.37. The van der Waals surface area contributed by atoms with Crippen molar-refractivity contribution in [2.45, 2.75) is 0 Å². The van der Waals surface area contributed by atoms with E-state index in [1.807, 2.05) is 28.9 Å². The molecule has 0 atom stereocenters. The standard InChI is InChI=1S/C10H10N4/c1-2-8-9(10-12-3-4-13-10)11-5-7-14(8)6-1/h1-2,5-7H,3-4H2,(H,12,13). The smallest absolute Gasteiger partial charge is 0.149 e. The molecule has 0 amide bonds. The summed E-state index contributed by atoms with van der Waals surface area (Å²) in [6, 6.07) is 4.06. The van der Waals surface area contributed by atoms with E-state index in [-0.39, 0.29) is 0 Å². The summed E-state index contributed by atoms with van der Waals surface area (Å²) >= 11 is 0. The summed E-state index contributed by atoms with van der Waals surface area (Å²) in [5.74, 6) is 0.911. The van der Waals surface area contributed by atoms with Crippen LogP contribution in [-0.4, -0.2) is 28.3 Å². The lowest BCUT2D eigenvalue weighted by molar-refractivity contribution is 0.957. The first kappa shape index (κ1) is 7.55. The molecule has 0 unspecified atom stereocenters. The molecule has 3 rings (SSSR count). The Hall–Kier alpha value is -1.84. The van der Waals surface area contributed by atoms with Crippen LogP contribution in [0.2, 0.25) is 0 Å². The van der Waals surface area contributed by atoms with Gasteiger partial charge in [0.2, 0.25) is 0 Å². The van der Waals surface area contributed by atoms with Crippen LogP contribution in [0.25, 0.3) is 5.52 Å². The molecule has 1 aliphatic heterocycles. The van der Waals surface area contributed by atoms with Gasteiger partial charge < -0.3 is 9.72 Å². The second-order valence-corrected chi connectivity index (χ2v) is 3.23. The Bertz CT molecular complexity index is 498. The van der Waals surface area contributed by atoms with Crippen molar-refractivity contribution in [1.82, 2.24) is 14.7 Å². The number of nitrogens with one attached hydrogen (secondary N) is 1. The summed E-state index contributed by atoms with van der Waals surface area (Å²) in [4.78, 5) is 8.71. The Morgan fingerprint density at radius 3 is 3.21 bits per heavy atom. The van der Waals surface area contributed by atoms with Crippen molar-refractivity contribution in [3.63, 3.8) is 0 Å². The van der Waals surface area contributed by atoms with Gasteiger partial charge in [-0.2, -0.15) is 0 Å². The summed E-state index contributed by atoms with van der Waals surface area (Å²) in [6.45, 7) is 1.76.